The lowest BCUT2D eigenvalue weighted by atomic mass is 10.2. The van der Waals surface area contributed by atoms with Gasteiger partial charge in [0.15, 0.2) is 5.49 Å². The van der Waals surface area contributed by atoms with Crippen LogP contribution in [0.5, 0.6) is 0 Å². The van der Waals surface area contributed by atoms with Crippen LogP contribution < -0.4 is 11.2 Å². The average molecular weight is 255 g/mol. The van der Waals surface area contributed by atoms with Crippen molar-refractivity contribution >= 4 is 11.2 Å². The first-order chi connectivity index (χ1) is 9.16. The fourth-order valence-electron chi connectivity index (χ4n) is 2.15. The minimum absolute atomic E-state index is 0.0806. The van der Waals surface area contributed by atoms with Crippen molar-refractivity contribution in [2.24, 2.45) is 7.05 Å². The van der Waals surface area contributed by atoms with Gasteiger partial charge in [-0.25, -0.2) is 9.78 Å². The van der Waals surface area contributed by atoms with Crippen LogP contribution in [0.1, 0.15) is 5.56 Å². The van der Waals surface area contributed by atoms with Gasteiger partial charge in [0.25, 0.3) is 0 Å². The van der Waals surface area contributed by atoms with Gasteiger partial charge in [0, 0.05) is 7.05 Å². The van der Waals surface area contributed by atoms with E-state index in [2.05, 4.69) is 9.97 Å². The number of hydrogen-bond acceptors (Lipinski definition) is 3. The molecule has 0 aliphatic rings. The Bertz CT molecular complexity index is 841. The summed E-state index contributed by atoms with van der Waals surface area (Å²) in [4.78, 5) is 18.3. The van der Waals surface area contributed by atoms with Gasteiger partial charge >= 0.3 is 5.69 Å². The van der Waals surface area contributed by atoms with E-state index in [0.29, 0.717) is 17.7 Å². The molecule has 0 aliphatic carbocycles. The molecule has 6 heteroatoms. The number of nitrogens with one attached hydrogen (secondary N) is 2. The molecule has 0 aliphatic heterocycles. The summed E-state index contributed by atoms with van der Waals surface area (Å²) in [6.07, 6.45) is 1.59. The smallest absolute Gasteiger partial charge is 0.312 e. The lowest BCUT2D eigenvalue weighted by molar-refractivity contribution is 0.749. The van der Waals surface area contributed by atoms with Crippen LogP contribution in [0.25, 0.3) is 11.2 Å². The minimum Gasteiger partial charge on any atom is -0.312 e. The molecule has 6 nitrogen and oxygen atoms in total. The van der Waals surface area contributed by atoms with Crippen molar-refractivity contribution in [3.63, 3.8) is 0 Å². The summed E-state index contributed by atoms with van der Waals surface area (Å²) in [7, 11) is 1.68. The second-order valence-electron chi connectivity index (χ2n) is 4.39. The summed E-state index contributed by atoms with van der Waals surface area (Å²) >= 11 is 0. The molecule has 0 spiro atoms. The highest BCUT2D eigenvalue weighted by molar-refractivity contribution is 5.69. The maximum absolute atomic E-state index is 11.7. The third-order valence-corrected chi connectivity index (χ3v) is 3.11. The summed E-state index contributed by atoms with van der Waals surface area (Å²) < 4.78 is 3.36. The van der Waals surface area contributed by atoms with Gasteiger partial charge in [-0.05, 0) is 5.56 Å². The molecule has 3 aromatic rings. The Hall–Kier alpha value is -2.63. The molecule has 0 saturated carbocycles. The van der Waals surface area contributed by atoms with Crippen LogP contribution in [0.15, 0.2) is 41.5 Å². The van der Waals surface area contributed by atoms with Crippen LogP contribution in [0.2, 0.25) is 0 Å². The number of benzene rings is 1. The number of fused-ring (bicyclic) bond motifs is 1. The topological polar surface area (TPSA) is 79.5 Å². The molecule has 3 rings (SSSR count). The van der Waals surface area contributed by atoms with Crippen LogP contribution in [0.3, 0.4) is 0 Å². The van der Waals surface area contributed by atoms with Crippen molar-refractivity contribution in [2.75, 3.05) is 0 Å². The third kappa shape index (κ3) is 1.87. The van der Waals surface area contributed by atoms with E-state index in [1.54, 1.807) is 13.4 Å². The highest BCUT2D eigenvalue weighted by Gasteiger charge is 2.09. The normalized spacial score (nSPS) is 11.0. The van der Waals surface area contributed by atoms with Crippen molar-refractivity contribution in [1.29, 1.82) is 5.41 Å². The molecule has 19 heavy (non-hydrogen) atoms. The zero-order chi connectivity index (χ0) is 13.4. The molecule has 0 atom stereocenters. The molecule has 0 unspecified atom stereocenters. The number of hydrogen-bond donors (Lipinski definition) is 2. The Balaban J connectivity index is 2.22. The summed E-state index contributed by atoms with van der Waals surface area (Å²) in [5.41, 5.74) is 2.09. The van der Waals surface area contributed by atoms with E-state index in [0.717, 1.165) is 5.56 Å². The SMILES string of the molecule is Cn1c(=O)[nH]c2c(=N)ncn(Cc3ccccc3)c21. The van der Waals surface area contributed by atoms with E-state index in [1.165, 1.54) is 4.57 Å². The van der Waals surface area contributed by atoms with Gasteiger partial charge in [-0.3, -0.25) is 9.98 Å². The van der Waals surface area contributed by atoms with E-state index in [9.17, 15) is 4.79 Å². The molecule has 2 aromatic heterocycles. The molecule has 0 radical (unpaired) electrons. The number of aromatic amines is 1. The summed E-state index contributed by atoms with van der Waals surface area (Å²) in [5, 5.41) is 7.74. The Labute approximate surface area is 108 Å². The zero-order valence-electron chi connectivity index (χ0n) is 10.4. The summed E-state index contributed by atoms with van der Waals surface area (Å²) in [6.45, 7) is 0.607. The van der Waals surface area contributed by atoms with E-state index in [-0.39, 0.29) is 11.2 Å². The molecular weight excluding hydrogens is 242 g/mol. The van der Waals surface area contributed by atoms with Gasteiger partial charge in [-0.2, -0.15) is 0 Å². The maximum atomic E-state index is 11.7. The summed E-state index contributed by atoms with van der Waals surface area (Å²) in [5.74, 6) is 0. The standard InChI is InChI=1S/C13H13N5O/c1-17-12-10(16-13(17)19)11(14)15-8-18(12)7-9-5-3-2-4-6-9/h2-6,8,14H,7H2,1H3,(H,16,19). The predicted octanol–water partition coefficient (Wildman–Crippen LogP) is 0.591. The molecule has 0 fully saturated rings. The third-order valence-electron chi connectivity index (χ3n) is 3.11. The van der Waals surface area contributed by atoms with Crippen LogP contribution in [-0.2, 0) is 13.6 Å². The number of H-pyrrole nitrogens is 1. The van der Waals surface area contributed by atoms with Crippen molar-refractivity contribution < 1.29 is 0 Å². The first-order valence-electron chi connectivity index (χ1n) is 5.89. The average Bonchev–Trinajstić information content (AvgIpc) is 2.72. The van der Waals surface area contributed by atoms with E-state index < -0.39 is 0 Å². The maximum Gasteiger partial charge on any atom is 0.327 e. The molecule has 0 amide bonds. The van der Waals surface area contributed by atoms with Crippen LogP contribution in [-0.4, -0.2) is 19.1 Å². The molecule has 0 saturated heterocycles. The minimum atomic E-state index is -0.238. The van der Waals surface area contributed by atoms with Gasteiger partial charge in [0.05, 0.1) is 12.9 Å². The van der Waals surface area contributed by atoms with Gasteiger partial charge in [0.1, 0.15) is 11.2 Å². The van der Waals surface area contributed by atoms with Crippen molar-refractivity contribution in [2.45, 2.75) is 6.54 Å². The molecular formula is C13H13N5O. The monoisotopic (exact) mass is 255 g/mol. The van der Waals surface area contributed by atoms with E-state index >= 15 is 0 Å². The second kappa shape index (κ2) is 4.24. The van der Waals surface area contributed by atoms with Gasteiger partial charge in [-0.15, -0.1) is 0 Å². The number of imidazole rings is 1. The first-order valence-corrected chi connectivity index (χ1v) is 5.89. The number of nitrogens with zero attached hydrogens (tertiary/aromatic N) is 3. The van der Waals surface area contributed by atoms with Gasteiger partial charge < -0.3 is 9.55 Å². The fraction of sp³-hybridized carbons (Fsp3) is 0.154. The second-order valence-corrected chi connectivity index (χ2v) is 4.39. The van der Waals surface area contributed by atoms with E-state index in [4.69, 9.17) is 5.41 Å². The highest BCUT2D eigenvalue weighted by Crippen LogP contribution is 2.07. The molecule has 1 aromatic carbocycles. The van der Waals surface area contributed by atoms with Crippen LogP contribution in [0.4, 0.5) is 0 Å². The van der Waals surface area contributed by atoms with Gasteiger partial charge in [0.2, 0.25) is 0 Å². The van der Waals surface area contributed by atoms with E-state index in [1.807, 2.05) is 34.9 Å². The van der Waals surface area contributed by atoms with Gasteiger partial charge in [-0.1, -0.05) is 30.3 Å². The van der Waals surface area contributed by atoms with Crippen LogP contribution in [0, 0.1) is 5.41 Å². The molecule has 2 N–H and O–H groups in total. The van der Waals surface area contributed by atoms with Crippen LogP contribution >= 0.6 is 0 Å². The lowest BCUT2D eigenvalue weighted by Gasteiger charge is -2.09. The Morgan fingerprint density at radius 3 is 2.79 bits per heavy atom. The fourth-order valence-corrected chi connectivity index (χ4v) is 2.15. The Morgan fingerprint density at radius 1 is 1.32 bits per heavy atom. The largest absolute Gasteiger partial charge is 0.327 e. The number of aromatic nitrogens is 4. The lowest BCUT2D eigenvalue weighted by Crippen LogP contribution is -2.16. The van der Waals surface area contributed by atoms with Crippen molar-refractivity contribution in [3.05, 3.63) is 58.2 Å². The van der Waals surface area contributed by atoms with Crippen molar-refractivity contribution in [1.82, 2.24) is 19.1 Å². The number of rotatable bonds is 2. The highest BCUT2D eigenvalue weighted by atomic mass is 16.1. The molecule has 2 heterocycles. The Kier molecular flexibility index (Phi) is 2.56. The molecule has 96 valence electrons. The first kappa shape index (κ1) is 11.5. The number of aryl methyl sites for hydroxylation is 1. The molecule has 0 bridgehead atoms. The zero-order valence-corrected chi connectivity index (χ0v) is 10.4. The summed E-state index contributed by atoms with van der Waals surface area (Å²) in [6, 6.07) is 9.92. The Morgan fingerprint density at radius 2 is 2.05 bits per heavy atom. The quantitative estimate of drug-likeness (QED) is 0.703. The van der Waals surface area contributed by atoms with Crippen molar-refractivity contribution in [3.8, 4) is 0 Å². The predicted molar refractivity (Wildman–Crippen MR) is 70.7 cm³/mol.